The number of aryl methyl sites for hydroxylation is 1. The van der Waals surface area contributed by atoms with Gasteiger partial charge in [0.05, 0.1) is 17.4 Å². The van der Waals surface area contributed by atoms with Crippen molar-refractivity contribution in [2.24, 2.45) is 12.2 Å². The topological polar surface area (TPSA) is 107 Å². The van der Waals surface area contributed by atoms with E-state index in [2.05, 4.69) is 16.2 Å². The van der Waals surface area contributed by atoms with E-state index in [1.807, 2.05) is 38.8 Å². The lowest BCUT2D eigenvalue weighted by atomic mass is 9.93. The Hall–Kier alpha value is -4.31. The predicted molar refractivity (Wildman–Crippen MR) is 146 cm³/mol. The fraction of sp³-hybridized carbons (Fsp3) is 0.414. The van der Waals surface area contributed by atoms with Crippen LogP contribution in [0, 0.1) is 34.3 Å². The fourth-order valence-electron chi connectivity index (χ4n) is 4.40. The number of halogens is 2. The van der Waals surface area contributed by atoms with Crippen LogP contribution in [0.15, 0.2) is 40.3 Å². The van der Waals surface area contributed by atoms with Crippen LogP contribution in [0.2, 0.25) is 0 Å². The second-order valence-corrected chi connectivity index (χ2v) is 10.4. The third-order valence-electron chi connectivity index (χ3n) is 6.40. The molecule has 0 radical (unpaired) electrons. The molecule has 8 nitrogen and oxygen atoms in total. The monoisotopic (exact) mass is 534 g/mol. The molecule has 0 spiro atoms. The Morgan fingerprint density at radius 2 is 1.82 bits per heavy atom. The molecule has 0 amide bonds. The van der Waals surface area contributed by atoms with E-state index in [4.69, 9.17) is 10.1 Å². The molecule has 39 heavy (non-hydrogen) atoms. The summed E-state index contributed by atoms with van der Waals surface area (Å²) in [6.45, 7) is 5.47. The van der Waals surface area contributed by atoms with Gasteiger partial charge < -0.3 is 14.3 Å². The number of hydrogen-bond donors (Lipinski definition) is 0. The van der Waals surface area contributed by atoms with Gasteiger partial charge in [0.1, 0.15) is 46.1 Å². The Morgan fingerprint density at radius 3 is 2.41 bits per heavy atom. The molecule has 1 aliphatic rings. The van der Waals surface area contributed by atoms with Crippen LogP contribution in [0.5, 0.6) is 0 Å². The molecule has 0 unspecified atom stereocenters. The highest BCUT2D eigenvalue weighted by Crippen LogP contribution is 2.32. The smallest absolute Gasteiger partial charge is 0.270 e. The summed E-state index contributed by atoms with van der Waals surface area (Å²) in [4.78, 5) is 24.1. The van der Waals surface area contributed by atoms with Gasteiger partial charge in [0, 0.05) is 31.8 Å². The van der Waals surface area contributed by atoms with Crippen LogP contribution < -0.4 is 10.5 Å². The first-order valence-corrected chi connectivity index (χ1v) is 12.7. The van der Waals surface area contributed by atoms with Gasteiger partial charge in [-0.05, 0) is 57.9 Å². The first kappa shape index (κ1) is 29.2. The minimum absolute atomic E-state index is 0.0978. The normalized spacial score (nSPS) is 13.9. The number of fused-ring (bicyclic) bond motifs is 1. The Balaban J connectivity index is 0.000000242. The minimum atomic E-state index is -0.656. The molecule has 0 aliphatic heterocycles. The molecule has 204 valence electrons. The number of oxime groups is 1. The largest absolute Gasteiger partial charge is 0.390 e. The Kier molecular flexibility index (Phi) is 9.37. The second-order valence-electron chi connectivity index (χ2n) is 10.4. The molecule has 0 atom stereocenters. The summed E-state index contributed by atoms with van der Waals surface area (Å²) in [7, 11) is 3.55. The maximum absolute atomic E-state index is 13.1. The van der Waals surface area contributed by atoms with E-state index in [0.717, 1.165) is 31.7 Å². The number of nitriles is 2. The van der Waals surface area contributed by atoms with Gasteiger partial charge in [0.25, 0.3) is 5.56 Å². The first-order valence-electron chi connectivity index (χ1n) is 12.7. The molecule has 1 saturated carbocycles. The van der Waals surface area contributed by atoms with Crippen LogP contribution in [0.1, 0.15) is 69.7 Å². The van der Waals surface area contributed by atoms with Crippen LogP contribution in [-0.2, 0) is 11.9 Å². The lowest BCUT2D eigenvalue weighted by molar-refractivity contribution is 0.00196. The van der Waals surface area contributed by atoms with Crippen LogP contribution in [0.3, 0.4) is 0 Å². The van der Waals surface area contributed by atoms with Gasteiger partial charge in [-0.15, -0.1) is 0 Å². The van der Waals surface area contributed by atoms with Gasteiger partial charge >= 0.3 is 0 Å². The standard InChI is InChI=1S/C18H19N5O.C11H13F2NO/c1-22(13-6-4-3-5-7-13)17-14(11-20)18(24)23(2)15-9-8-12(10-19)21-16(15)17;1-11(2,3)15-14-7-8-4-5-9(12)6-10(8)13/h8-9,13H,3-7H2,1-2H3;4-7H,1-3H3/b;14-7-. The van der Waals surface area contributed by atoms with Crippen LogP contribution in [0.4, 0.5) is 14.5 Å². The van der Waals surface area contributed by atoms with Crippen molar-refractivity contribution in [3.05, 3.63) is 69.1 Å². The molecule has 10 heteroatoms. The Bertz CT molecular complexity index is 1510. The third kappa shape index (κ3) is 7.17. The molecule has 1 aromatic carbocycles. The molecule has 1 aliphatic carbocycles. The lowest BCUT2D eigenvalue weighted by Gasteiger charge is -2.33. The molecular weight excluding hydrogens is 502 g/mol. The fourth-order valence-corrected chi connectivity index (χ4v) is 4.40. The number of nitrogens with zero attached hydrogens (tertiary/aromatic N) is 6. The van der Waals surface area contributed by atoms with Crippen molar-refractivity contribution in [1.82, 2.24) is 9.55 Å². The minimum Gasteiger partial charge on any atom is -0.390 e. The number of benzene rings is 1. The van der Waals surface area contributed by atoms with Crippen LogP contribution >= 0.6 is 0 Å². The van der Waals surface area contributed by atoms with Crippen molar-refractivity contribution in [2.45, 2.75) is 64.5 Å². The highest BCUT2D eigenvalue weighted by molar-refractivity contribution is 5.92. The molecule has 0 saturated heterocycles. The zero-order chi connectivity index (χ0) is 28.7. The van der Waals surface area contributed by atoms with Gasteiger partial charge in [0.2, 0.25) is 0 Å². The number of rotatable bonds is 4. The van der Waals surface area contributed by atoms with Crippen molar-refractivity contribution < 1.29 is 13.6 Å². The number of hydrogen-bond acceptors (Lipinski definition) is 7. The maximum atomic E-state index is 13.1. The van der Waals surface area contributed by atoms with E-state index in [9.17, 15) is 18.8 Å². The molecule has 2 heterocycles. The average molecular weight is 535 g/mol. The highest BCUT2D eigenvalue weighted by Gasteiger charge is 2.25. The van der Waals surface area contributed by atoms with E-state index in [-0.39, 0.29) is 28.4 Å². The predicted octanol–water partition coefficient (Wildman–Crippen LogP) is 5.56. The maximum Gasteiger partial charge on any atom is 0.270 e. The number of aromatic nitrogens is 2. The summed E-state index contributed by atoms with van der Waals surface area (Å²) in [5.74, 6) is -1.27. The van der Waals surface area contributed by atoms with Crippen molar-refractivity contribution in [1.29, 1.82) is 10.5 Å². The van der Waals surface area contributed by atoms with Crippen molar-refractivity contribution in [3.63, 3.8) is 0 Å². The zero-order valence-electron chi connectivity index (χ0n) is 22.8. The van der Waals surface area contributed by atoms with Crippen molar-refractivity contribution in [3.8, 4) is 12.1 Å². The van der Waals surface area contributed by atoms with Crippen molar-refractivity contribution in [2.75, 3.05) is 11.9 Å². The number of anilines is 1. The van der Waals surface area contributed by atoms with Gasteiger partial charge in [0.15, 0.2) is 0 Å². The average Bonchev–Trinajstić information content (AvgIpc) is 2.91. The molecule has 3 aromatic rings. The Morgan fingerprint density at radius 1 is 1.13 bits per heavy atom. The molecule has 2 aromatic heterocycles. The number of pyridine rings is 2. The summed E-state index contributed by atoms with van der Waals surface area (Å²) in [6, 6.07) is 11.0. The van der Waals surface area contributed by atoms with Crippen LogP contribution in [-0.4, -0.2) is 34.5 Å². The lowest BCUT2D eigenvalue weighted by Crippen LogP contribution is -2.36. The Labute approximate surface area is 226 Å². The summed E-state index contributed by atoms with van der Waals surface area (Å²) in [5, 5.41) is 22.4. The van der Waals surface area contributed by atoms with Crippen molar-refractivity contribution >= 4 is 22.9 Å². The van der Waals surface area contributed by atoms with E-state index >= 15 is 0 Å². The van der Waals surface area contributed by atoms with Gasteiger partial charge in [-0.3, -0.25) is 4.79 Å². The second kappa shape index (κ2) is 12.5. The van der Waals surface area contributed by atoms with E-state index in [0.29, 0.717) is 16.7 Å². The van der Waals surface area contributed by atoms with Gasteiger partial charge in [-0.25, -0.2) is 13.8 Å². The summed E-state index contributed by atoms with van der Waals surface area (Å²) < 4.78 is 27.1. The van der Waals surface area contributed by atoms with Gasteiger partial charge in [-0.2, -0.15) is 10.5 Å². The third-order valence-corrected chi connectivity index (χ3v) is 6.40. The summed E-state index contributed by atoms with van der Waals surface area (Å²) >= 11 is 0. The molecule has 0 N–H and O–H groups in total. The SMILES string of the molecule is CC(C)(C)O/N=C\c1ccc(F)cc1F.CN(c1c(C#N)c(=O)n(C)c2ccc(C#N)nc12)C1CCCCC1. The highest BCUT2D eigenvalue weighted by atomic mass is 19.1. The van der Waals surface area contributed by atoms with E-state index in [1.54, 1.807) is 19.2 Å². The quantitative estimate of drug-likeness (QED) is 0.320. The molecule has 4 rings (SSSR count). The molecular formula is C29H32F2N6O2. The zero-order valence-corrected chi connectivity index (χ0v) is 22.8. The van der Waals surface area contributed by atoms with Crippen LogP contribution in [0.25, 0.3) is 11.0 Å². The summed E-state index contributed by atoms with van der Waals surface area (Å²) in [6.07, 6.45) is 6.82. The first-order chi connectivity index (χ1) is 18.5. The molecule has 1 fully saturated rings. The van der Waals surface area contributed by atoms with E-state index < -0.39 is 17.2 Å². The van der Waals surface area contributed by atoms with Gasteiger partial charge in [-0.1, -0.05) is 24.4 Å². The molecule has 0 bridgehead atoms. The summed E-state index contributed by atoms with van der Waals surface area (Å²) in [5.41, 5.74) is 1.56. The van der Waals surface area contributed by atoms with E-state index in [1.165, 1.54) is 29.3 Å².